The number of hydrogen-bond acceptors (Lipinski definition) is 3. The van der Waals surface area contributed by atoms with Crippen LogP contribution in [0.3, 0.4) is 0 Å². The maximum absolute atomic E-state index is 11.3. The lowest BCUT2D eigenvalue weighted by molar-refractivity contribution is 0.483. The molecule has 0 aliphatic rings. The van der Waals surface area contributed by atoms with Gasteiger partial charge in [0.15, 0.2) is 0 Å². The molecule has 94 valence electrons. The predicted molar refractivity (Wildman–Crippen MR) is 78.8 cm³/mol. The summed E-state index contributed by atoms with van der Waals surface area (Å²) in [4.78, 5) is -0.117. The Labute approximate surface area is 119 Å². The van der Waals surface area contributed by atoms with E-state index in [1.165, 1.54) is 6.07 Å². The van der Waals surface area contributed by atoms with Gasteiger partial charge in [0, 0.05) is 14.8 Å². The van der Waals surface area contributed by atoms with Gasteiger partial charge in [0.2, 0.25) is 0 Å². The molecule has 0 spiro atoms. The van der Waals surface area contributed by atoms with Gasteiger partial charge < -0.3 is 5.73 Å². The van der Waals surface area contributed by atoms with Crippen molar-refractivity contribution in [3.8, 4) is 11.1 Å². The SMILES string of the molecule is Nc1cccc(-c2cc(I)ccc2S(=O)(=O)O)c1. The lowest BCUT2D eigenvalue weighted by Crippen LogP contribution is -2.01. The van der Waals surface area contributed by atoms with Crippen LogP contribution in [0.5, 0.6) is 0 Å². The summed E-state index contributed by atoms with van der Waals surface area (Å²) in [5, 5.41) is 0. The van der Waals surface area contributed by atoms with E-state index in [-0.39, 0.29) is 4.90 Å². The summed E-state index contributed by atoms with van der Waals surface area (Å²) < 4.78 is 32.8. The van der Waals surface area contributed by atoms with Crippen molar-refractivity contribution in [2.24, 2.45) is 0 Å². The van der Waals surface area contributed by atoms with Crippen molar-refractivity contribution in [1.82, 2.24) is 0 Å². The van der Waals surface area contributed by atoms with E-state index in [0.29, 0.717) is 16.8 Å². The Morgan fingerprint density at radius 1 is 1.11 bits per heavy atom. The van der Waals surface area contributed by atoms with E-state index in [9.17, 15) is 13.0 Å². The molecule has 0 bridgehead atoms. The summed E-state index contributed by atoms with van der Waals surface area (Å²) in [6, 6.07) is 11.6. The quantitative estimate of drug-likeness (QED) is 0.481. The number of anilines is 1. The number of nitrogen functional groups attached to an aromatic ring is 1. The van der Waals surface area contributed by atoms with Gasteiger partial charge in [-0.3, -0.25) is 4.55 Å². The zero-order valence-corrected chi connectivity index (χ0v) is 12.1. The molecule has 0 amide bonds. The van der Waals surface area contributed by atoms with Crippen molar-refractivity contribution in [3.63, 3.8) is 0 Å². The van der Waals surface area contributed by atoms with Gasteiger partial charge in [-0.05, 0) is 58.5 Å². The van der Waals surface area contributed by atoms with Crippen LogP contribution >= 0.6 is 22.6 Å². The molecule has 6 heteroatoms. The minimum Gasteiger partial charge on any atom is -0.399 e. The van der Waals surface area contributed by atoms with Crippen LogP contribution in [0.2, 0.25) is 0 Å². The number of benzene rings is 2. The van der Waals surface area contributed by atoms with E-state index in [1.807, 2.05) is 0 Å². The second kappa shape index (κ2) is 4.87. The molecule has 2 aromatic carbocycles. The molecule has 0 unspecified atom stereocenters. The minimum absolute atomic E-state index is 0.117. The normalized spacial score (nSPS) is 11.4. The summed E-state index contributed by atoms with van der Waals surface area (Å²) in [7, 11) is -4.26. The maximum atomic E-state index is 11.3. The van der Waals surface area contributed by atoms with Gasteiger partial charge in [0.25, 0.3) is 10.1 Å². The van der Waals surface area contributed by atoms with Crippen molar-refractivity contribution in [1.29, 1.82) is 0 Å². The van der Waals surface area contributed by atoms with E-state index in [1.54, 1.807) is 36.4 Å². The third-order valence-corrected chi connectivity index (χ3v) is 4.00. The molecule has 0 aromatic heterocycles. The molecular weight excluding hydrogens is 365 g/mol. The third-order valence-electron chi connectivity index (χ3n) is 2.42. The summed E-state index contributed by atoms with van der Waals surface area (Å²) in [5.41, 5.74) is 7.31. The number of hydrogen-bond donors (Lipinski definition) is 2. The molecule has 0 saturated heterocycles. The second-order valence-corrected chi connectivity index (χ2v) is 6.38. The fourth-order valence-corrected chi connectivity index (χ4v) is 2.84. The first kappa shape index (κ1) is 13.3. The highest BCUT2D eigenvalue weighted by Crippen LogP contribution is 2.30. The lowest BCUT2D eigenvalue weighted by atomic mass is 10.1. The van der Waals surface area contributed by atoms with E-state index in [2.05, 4.69) is 22.6 Å². The molecule has 4 nitrogen and oxygen atoms in total. The summed E-state index contributed by atoms with van der Waals surface area (Å²) in [6.45, 7) is 0. The van der Waals surface area contributed by atoms with E-state index in [0.717, 1.165) is 3.57 Å². The minimum atomic E-state index is -4.26. The monoisotopic (exact) mass is 375 g/mol. The van der Waals surface area contributed by atoms with Crippen LogP contribution in [0.4, 0.5) is 5.69 Å². The first-order chi connectivity index (χ1) is 8.38. The molecule has 0 radical (unpaired) electrons. The van der Waals surface area contributed by atoms with Crippen LogP contribution < -0.4 is 5.73 Å². The van der Waals surface area contributed by atoms with Crippen molar-refractivity contribution in [2.75, 3.05) is 5.73 Å². The van der Waals surface area contributed by atoms with Crippen LogP contribution in [-0.2, 0) is 10.1 Å². The Bertz CT molecular complexity index is 698. The molecule has 0 aliphatic heterocycles. The van der Waals surface area contributed by atoms with E-state index in [4.69, 9.17) is 5.73 Å². The van der Waals surface area contributed by atoms with Crippen LogP contribution in [0.1, 0.15) is 0 Å². The smallest absolute Gasteiger partial charge is 0.295 e. The van der Waals surface area contributed by atoms with Crippen molar-refractivity contribution in [2.45, 2.75) is 4.90 Å². The zero-order chi connectivity index (χ0) is 13.3. The average Bonchev–Trinajstić information content (AvgIpc) is 2.27. The van der Waals surface area contributed by atoms with Crippen LogP contribution in [0.15, 0.2) is 47.4 Å². The fraction of sp³-hybridized carbons (Fsp3) is 0. The van der Waals surface area contributed by atoms with E-state index < -0.39 is 10.1 Å². The highest BCUT2D eigenvalue weighted by molar-refractivity contribution is 14.1. The van der Waals surface area contributed by atoms with Crippen LogP contribution in [0, 0.1) is 3.57 Å². The molecule has 0 aliphatic carbocycles. The van der Waals surface area contributed by atoms with Crippen LogP contribution in [0.25, 0.3) is 11.1 Å². The highest BCUT2D eigenvalue weighted by Gasteiger charge is 2.16. The van der Waals surface area contributed by atoms with E-state index >= 15 is 0 Å². The second-order valence-electron chi connectivity index (χ2n) is 3.74. The molecule has 2 aromatic rings. The Morgan fingerprint density at radius 3 is 2.44 bits per heavy atom. The topological polar surface area (TPSA) is 80.4 Å². The van der Waals surface area contributed by atoms with Gasteiger partial charge in [-0.15, -0.1) is 0 Å². The van der Waals surface area contributed by atoms with Gasteiger partial charge in [-0.1, -0.05) is 12.1 Å². The van der Waals surface area contributed by atoms with Crippen molar-refractivity contribution in [3.05, 3.63) is 46.0 Å². The number of rotatable bonds is 2. The molecular formula is C12H10INO3S. The Hall–Kier alpha value is -1.12. The largest absolute Gasteiger partial charge is 0.399 e. The van der Waals surface area contributed by atoms with Crippen molar-refractivity contribution >= 4 is 38.4 Å². The molecule has 0 atom stereocenters. The average molecular weight is 375 g/mol. The highest BCUT2D eigenvalue weighted by atomic mass is 127. The lowest BCUT2D eigenvalue weighted by Gasteiger charge is -2.08. The maximum Gasteiger partial charge on any atom is 0.295 e. The summed E-state index contributed by atoms with van der Waals surface area (Å²) >= 11 is 2.08. The summed E-state index contributed by atoms with van der Waals surface area (Å²) in [6.07, 6.45) is 0. The number of halogens is 1. The van der Waals surface area contributed by atoms with Gasteiger partial charge in [0.05, 0.1) is 0 Å². The zero-order valence-electron chi connectivity index (χ0n) is 9.17. The summed E-state index contributed by atoms with van der Waals surface area (Å²) in [5.74, 6) is 0. The first-order valence-corrected chi connectivity index (χ1v) is 7.53. The fourth-order valence-electron chi connectivity index (χ4n) is 1.66. The van der Waals surface area contributed by atoms with Crippen LogP contribution in [-0.4, -0.2) is 13.0 Å². The Morgan fingerprint density at radius 2 is 1.83 bits per heavy atom. The predicted octanol–water partition coefficient (Wildman–Crippen LogP) is 2.79. The molecule has 0 saturated carbocycles. The Kier molecular flexibility index (Phi) is 3.60. The van der Waals surface area contributed by atoms with Gasteiger partial charge in [-0.25, -0.2) is 0 Å². The standard InChI is InChI=1S/C12H10INO3S/c13-9-4-5-12(18(15,16)17)11(7-9)8-2-1-3-10(14)6-8/h1-7H,14H2,(H,15,16,17). The van der Waals surface area contributed by atoms with Gasteiger partial charge >= 0.3 is 0 Å². The van der Waals surface area contributed by atoms with Gasteiger partial charge in [0.1, 0.15) is 4.90 Å². The molecule has 2 rings (SSSR count). The van der Waals surface area contributed by atoms with Gasteiger partial charge in [-0.2, -0.15) is 8.42 Å². The molecule has 0 fully saturated rings. The third kappa shape index (κ3) is 2.82. The van der Waals surface area contributed by atoms with Crippen molar-refractivity contribution < 1.29 is 13.0 Å². The molecule has 18 heavy (non-hydrogen) atoms. The first-order valence-electron chi connectivity index (χ1n) is 5.01. The number of nitrogens with two attached hydrogens (primary N) is 1. The Balaban J connectivity index is 2.74. The molecule has 3 N–H and O–H groups in total. The molecule has 0 heterocycles.